The van der Waals surface area contributed by atoms with Gasteiger partial charge in [-0.3, -0.25) is 9.59 Å². The van der Waals surface area contributed by atoms with Crippen LogP contribution in [0.3, 0.4) is 0 Å². The summed E-state index contributed by atoms with van der Waals surface area (Å²) in [6.07, 6.45) is 3.95. The molecule has 5 nitrogen and oxygen atoms in total. The summed E-state index contributed by atoms with van der Waals surface area (Å²) >= 11 is 0. The number of hydrogen-bond acceptors (Lipinski definition) is 3. The molecule has 1 aromatic heterocycles. The van der Waals surface area contributed by atoms with Gasteiger partial charge in [0.1, 0.15) is 5.76 Å². The van der Waals surface area contributed by atoms with Gasteiger partial charge in [0.25, 0.3) is 0 Å². The van der Waals surface area contributed by atoms with E-state index in [4.69, 9.17) is 4.42 Å². The molecule has 2 amide bonds. The first kappa shape index (κ1) is 13.6. The molecule has 1 aromatic rings. The van der Waals surface area contributed by atoms with Crippen LogP contribution in [0.15, 0.2) is 22.8 Å². The third kappa shape index (κ3) is 3.59. The lowest BCUT2D eigenvalue weighted by Crippen LogP contribution is -2.32. The van der Waals surface area contributed by atoms with Crippen LogP contribution in [0.4, 0.5) is 0 Å². The minimum Gasteiger partial charge on any atom is -0.467 e. The fraction of sp³-hybridized carbons (Fsp3) is 0.571. The van der Waals surface area contributed by atoms with Gasteiger partial charge >= 0.3 is 0 Å². The van der Waals surface area contributed by atoms with Gasteiger partial charge in [-0.25, -0.2) is 0 Å². The Labute approximate surface area is 113 Å². The van der Waals surface area contributed by atoms with Crippen molar-refractivity contribution in [2.45, 2.75) is 32.7 Å². The van der Waals surface area contributed by atoms with Crippen molar-refractivity contribution < 1.29 is 14.0 Å². The van der Waals surface area contributed by atoms with Crippen LogP contribution in [-0.4, -0.2) is 29.8 Å². The van der Waals surface area contributed by atoms with Gasteiger partial charge in [-0.2, -0.15) is 0 Å². The molecule has 1 fully saturated rings. The lowest BCUT2D eigenvalue weighted by Gasteiger charge is -2.15. The Bertz CT molecular complexity index is 428. The van der Waals surface area contributed by atoms with E-state index in [0.717, 1.165) is 25.1 Å². The number of rotatable bonds is 6. The van der Waals surface area contributed by atoms with Crippen LogP contribution in [0.1, 0.15) is 31.9 Å². The molecule has 0 aromatic carbocycles. The van der Waals surface area contributed by atoms with Crippen molar-refractivity contribution in [2.24, 2.45) is 5.92 Å². The summed E-state index contributed by atoms with van der Waals surface area (Å²) in [5.74, 6) is 0.523. The van der Waals surface area contributed by atoms with Gasteiger partial charge in [0.15, 0.2) is 0 Å². The lowest BCUT2D eigenvalue weighted by atomic mass is 10.1. The Kier molecular flexibility index (Phi) is 4.60. The molecule has 0 saturated carbocycles. The van der Waals surface area contributed by atoms with Crippen molar-refractivity contribution in [1.29, 1.82) is 0 Å². The van der Waals surface area contributed by atoms with Crippen molar-refractivity contribution >= 4 is 11.8 Å². The summed E-state index contributed by atoms with van der Waals surface area (Å²) in [6.45, 7) is 3.78. The number of nitrogens with one attached hydrogen (secondary N) is 1. The standard InChI is InChI=1S/C14H20N2O3/c1-2-3-6-16-10-11(8-13(16)17)14(18)15-9-12-5-4-7-19-12/h4-5,7,11H,2-3,6,8-10H2,1H3,(H,15,18). The molecule has 0 aliphatic carbocycles. The first-order chi connectivity index (χ1) is 9.20. The molecular weight excluding hydrogens is 244 g/mol. The average Bonchev–Trinajstić information content (AvgIpc) is 3.03. The predicted molar refractivity (Wildman–Crippen MR) is 70.1 cm³/mol. The van der Waals surface area contributed by atoms with Crippen LogP contribution in [-0.2, 0) is 16.1 Å². The maximum absolute atomic E-state index is 12.0. The summed E-state index contributed by atoms with van der Waals surface area (Å²) in [5, 5.41) is 2.81. The summed E-state index contributed by atoms with van der Waals surface area (Å²) in [4.78, 5) is 25.5. The summed E-state index contributed by atoms with van der Waals surface area (Å²) in [7, 11) is 0. The Balaban J connectivity index is 1.79. The van der Waals surface area contributed by atoms with Crippen molar-refractivity contribution in [3.05, 3.63) is 24.2 Å². The van der Waals surface area contributed by atoms with Crippen molar-refractivity contribution in [3.8, 4) is 0 Å². The quantitative estimate of drug-likeness (QED) is 0.847. The lowest BCUT2D eigenvalue weighted by molar-refractivity contribution is -0.129. The molecule has 1 N–H and O–H groups in total. The number of nitrogens with zero attached hydrogens (tertiary/aromatic N) is 1. The van der Waals surface area contributed by atoms with Crippen molar-refractivity contribution in [1.82, 2.24) is 10.2 Å². The van der Waals surface area contributed by atoms with Gasteiger partial charge in [-0.1, -0.05) is 13.3 Å². The second-order valence-electron chi connectivity index (χ2n) is 4.89. The normalized spacial score (nSPS) is 18.9. The van der Waals surface area contributed by atoms with Crippen LogP contribution in [0.25, 0.3) is 0 Å². The van der Waals surface area contributed by atoms with E-state index in [0.29, 0.717) is 19.5 Å². The van der Waals surface area contributed by atoms with E-state index >= 15 is 0 Å². The summed E-state index contributed by atoms with van der Waals surface area (Å²) in [6, 6.07) is 3.60. The molecule has 0 spiro atoms. The molecule has 1 aliphatic heterocycles. The fourth-order valence-electron chi connectivity index (χ4n) is 2.24. The molecule has 2 heterocycles. The highest BCUT2D eigenvalue weighted by atomic mass is 16.3. The third-order valence-electron chi connectivity index (χ3n) is 3.38. The highest BCUT2D eigenvalue weighted by Crippen LogP contribution is 2.18. The van der Waals surface area contributed by atoms with Crippen LogP contribution >= 0.6 is 0 Å². The average molecular weight is 264 g/mol. The highest BCUT2D eigenvalue weighted by molar-refractivity contribution is 5.89. The predicted octanol–water partition coefficient (Wildman–Crippen LogP) is 1.54. The van der Waals surface area contributed by atoms with Crippen LogP contribution < -0.4 is 5.32 Å². The van der Waals surface area contributed by atoms with Crippen molar-refractivity contribution in [3.63, 3.8) is 0 Å². The minimum absolute atomic E-state index is 0.0660. The van der Waals surface area contributed by atoms with Crippen LogP contribution in [0.2, 0.25) is 0 Å². The molecular formula is C14H20N2O3. The number of likely N-dealkylation sites (tertiary alicyclic amines) is 1. The third-order valence-corrected chi connectivity index (χ3v) is 3.38. The summed E-state index contributed by atoms with van der Waals surface area (Å²) < 4.78 is 5.15. The van der Waals surface area contributed by atoms with Crippen LogP contribution in [0.5, 0.6) is 0 Å². The zero-order valence-corrected chi connectivity index (χ0v) is 11.2. The molecule has 1 saturated heterocycles. The van der Waals surface area contributed by atoms with Gasteiger partial charge in [0.2, 0.25) is 11.8 Å². The number of carbonyl (C=O) groups excluding carboxylic acids is 2. The SMILES string of the molecule is CCCCN1CC(C(=O)NCc2ccco2)CC1=O. The smallest absolute Gasteiger partial charge is 0.225 e. The van der Waals surface area contributed by atoms with Gasteiger partial charge in [0, 0.05) is 19.5 Å². The second kappa shape index (κ2) is 6.41. The van der Waals surface area contributed by atoms with E-state index in [2.05, 4.69) is 12.2 Å². The Morgan fingerprint density at radius 1 is 1.58 bits per heavy atom. The first-order valence-electron chi connectivity index (χ1n) is 6.78. The second-order valence-corrected chi connectivity index (χ2v) is 4.89. The molecule has 0 bridgehead atoms. The zero-order valence-electron chi connectivity index (χ0n) is 11.2. The summed E-state index contributed by atoms with van der Waals surface area (Å²) in [5.41, 5.74) is 0. The topological polar surface area (TPSA) is 62.6 Å². The van der Waals surface area contributed by atoms with E-state index in [1.165, 1.54) is 0 Å². The molecule has 104 valence electrons. The van der Waals surface area contributed by atoms with Gasteiger partial charge in [-0.05, 0) is 18.6 Å². The van der Waals surface area contributed by atoms with Gasteiger partial charge in [-0.15, -0.1) is 0 Å². The van der Waals surface area contributed by atoms with E-state index in [-0.39, 0.29) is 17.7 Å². The minimum atomic E-state index is -0.223. The molecule has 1 atom stereocenters. The molecule has 2 rings (SSSR count). The van der Waals surface area contributed by atoms with Crippen molar-refractivity contribution in [2.75, 3.05) is 13.1 Å². The number of unbranched alkanes of at least 4 members (excludes halogenated alkanes) is 1. The zero-order chi connectivity index (χ0) is 13.7. The molecule has 1 unspecified atom stereocenters. The highest BCUT2D eigenvalue weighted by Gasteiger charge is 2.33. The number of amides is 2. The number of furan rings is 1. The molecule has 19 heavy (non-hydrogen) atoms. The number of carbonyl (C=O) groups is 2. The first-order valence-corrected chi connectivity index (χ1v) is 6.78. The Morgan fingerprint density at radius 3 is 3.11 bits per heavy atom. The number of hydrogen-bond donors (Lipinski definition) is 1. The largest absolute Gasteiger partial charge is 0.467 e. The van der Waals surface area contributed by atoms with E-state index in [1.54, 1.807) is 17.2 Å². The fourth-order valence-corrected chi connectivity index (χ4v) is 2.24. The van der Waals surface area contributed by atoms with Gasteiger partial charge < -0.3 is 14.6 Å². The molecule has 0 radical (unpaired) electrons. The molecule has 5 heteroatoms. The maximum Gasteiger partial charge on any atom is 0.225 e. The Morgan fingerprint density at radius 2 is 2.42 bits per heavy atom. The van der Waals surface area contributed by atoms with E-state index in [9.17, 15) is 9.59 Å². The van der Waals surface area contributed by atoms with E-state index in [1.807, 2.05) is 6.07 Å². The Hall–Kier alpha value is -1.78. The molecule has 1 aliphatic rings. The van der Waals surface area contributed by atoms with Gasteiger partial charge in [0.05, 0.1) is 18.7 Å². The monoisotopic (exact) mass is 264 g/mol. The van der Waals surface area contributed by atoms with E-state index < -0.39 is 0 Å². The maximum atomic E-state index is 12.0. The van der Waals surface area contributed by atoms with Crippen LogP contribution in [0, 0.1) is 5.92 Å².